The molecule has 0 radical (unpaired) electrons. The number of imidazole rings is 1. The van der Waals surface area contributed by atoms with Gasteiger partial charge in [0.25, 0.3) is 0 Å². The molecule has 1 aromatic heterocycles. The van der Waals surface area contributed by atoms with Crippen LogP contribution in [0, 0.1) is 5.41 Å². The highest BCUT2D eigenvalue weighted by molar-refractivity contribution is 5.97. The van der Waals surface area contributed by atoms with E-state index in [0.29, 0.717) is 5.82 Å². The summed E-state index contributed by atoms with van der Waals surface area (Å²) in [7, 11) is 1.85. The van der Waals surface area contributed by atoms with Crippen molar-refractivity contribution in [2.24, 2.45) is 12.5 Å². The smallest absolute Gasteiger partial charge is 0.203 e. The lowest BCUT2D eigenvalue weighted by Crippen LogP contribution is -2.26. The topological polar surface area (TPSA) is 46.9 Å². The van der Waals surface area contributed by atoms with E-state index in [1.165, 1.54) is 0 Å². The summed E-state index contributed by atoms with van der Waals surface area (Å²) in [4.78, 5) is 16.5. The number of carbonyl (C=O) groups is 1. The van der Waals surface area contributed by atoms with Gasteiger partial charge in [-0.15, -0.1) is 0 Å². The van der Waals surface area contributed by atoms with Gasteiger partial charge in [-0.1, -0.05) is 20.8 Å². The number of rotatable bonds is 2. The first kappa shape index (κ1) is 13.7. The second-order valence-corrected chi connectivity index (χ2v) is 6.51. The maximum absolute atomic E-state index is 12.2. The predicted octanol–water partition coefficient (Wildman–Crippen LogP) is 2.86. The molecule has 0 saturated heterocycles. The summed E-state index contributed by atoms with van der Waals surface area (Å²) in [6, 6.07) is 0. The minimum Gasteiger partial charge on any atom is -0.364 e. The quantitative estimate of drug-likeness (QED) is 0.804. The number of hydrogen-bond acceptors (Lipinski definition) is 3. The van der Waals surface area contributed by atoms with E-state index < -0.39 is 5.41 Å². The van der Waals surface area contributed by atoms with Crippen LogP contribution in [0.2, 0.25) is 0 Å². The summed E-state index contributed by atoms with van der Waals surface area (Å²) in [6.45, 7) is 11.9. The molecule has 17 heavy (non-hydrogen) atoms. The Morgan fingerprint density at radius 3 is 2.18 bits per heavy atom. The number of aromatic nitrogens is 2. The molecular formula is C13H23N3O. The standard InChI is InChI=1S/C13H23N3O/c1-12(2,3)10(17)11-14-9(8-16(11)7)15-13(4,5)6/h8,15H,1-7H3. The van der Waals surface area contributed by atoms with Crippen molar-refractivity contribution >= 4 is 11.6 Å². The van der Waals surface area contributed by atoms with Crippen LogP contribution in [0.1, 0.15) is 52.2 Å². The van der Waals surface area contributed by atoms with Crippen molar-refractivity contribution in [2.75, 3.05) is 5.32 Å². The second kappa shape index (κ2) is 4.17. The highest BCUT2D eigenvalue weighted by atomic mass is 16.1. The maximum atomic E-state index is 12.2. The SMILES string of the molecule is Cn1cc(NC(C)(C)C)nc1C(=O)C(C)(C)C. The molecule has 0 saturated carbocycles. The molecule has 0 fully saturated rings. The number of Topliss-reactive ketones (excluding diaryl/α,β-unsaturated/α-hetero) is 1. The van der Waals surface area contributed by atoms with E-state index in [9.17, 15) is 4.79 Å². The number of anilines is 1. The first-order chi connectivity index (χ1) is 7.50. The van der Waals surface area contributed by atoms with E-state index in [4.69, 9.17) is 0 Å². The maximum Gasteiger partial charge on any atom is 0.203 e. The molecule has 1 aromatic rings. The fraction of sp³-hybridized carbons (Fsp3) is 0.692. The average molecular weight is 237 g/mol. The molecule has 0 aromatic carbocycles. The highest BCUT2D eigenvalue weighted by Crippen LogP contribution is 2.22. The van der Waals surface area contributed by atoms with Gasteiger partial charge in [-0.25, -0.2) is 4.98 Å². The first-order valence-corrected chi connectivity index (χ1v) is 5.87. The lowest BCUT2D eigenvalue weighted by Gasteiger charge is -2.19. The Morgan fingerprint density at radius 1 is 1.24 bits per heavy atom. The van der Waals surface area contributed by atoms with Crippen LogP contribution in [-0.2, 0) is 7.05 Å². The van der Waals surface area contributed by atoms with Crippen LogP contribution >= 0.6 is 0 Å². The van der Waals surface area contributed by atoms with Crippen LogP contribution in [0.25, 0.3) is 0 Å². The number of hydrogen-bond donors (Lipinski definition) is 1. The summed E-state index contributed by atoms with van der Waals surface area (Å²) in [5.74, 6) is 1.30. The summed E-state index contributed by atoms with van der Waals surface area (Å²) >= 11 is 0. The number of nitrogens with zero attached hydrogens (tertiary/aromatic N) is 2. The zero-order chi connectivity index (χ0) is 13.4. The highest BCUT2D eigenvalue weighted by Gasteiger charge is 2.27. The van der Waals surface area contributed by atoms with Crippen molar-refractivity contribution in [2.45, 2.75) is 47.1 Å². The zero-order valence-electron chi connectivity index (χ0n) is 11.9. The van der Waals surface area contributed by atoms with Crippen molar-refractivity contribution in [3.8, 4) is 0 Å². The van der Waals surface area contributed by atoms with Crippen LogP contribution in [0.3, 0.4) is 0 Å². The van der Waals surface area contributed by atoms with E-state index >= 15 is 0 Å². The third-order valence-electron chi connectivity index (χ3n) is 2.26. The van der Waals surface area contributed by atoms with E-state index in [1.54, 1.807) is 4.57 Å². The van der Waals surface area contributed by atoms with Crippen molar-refractivity contribution in [3.63, 3.8) is 0 Å². The lowest BCUT2D eigenvalue weighted by molar-refractivity contribution is 0.0843. The van der Waals surface area contributed by atoms with Crippen LogP contribution in [-0.4, -0.2) is 20.9 Å². The van der Waals surface area contributed by atoms with Gasteiger partial charge in [0.2, 0.25) is 5.78 Å². The Hall–Kier alpha value is -1.32. The second-order valence-electron chi connectivity index (χ2n) is 6.51. The first-order valence-electron chi connectivity index (χ1n) is 5.87. The number of ketones is 1. The molecule has 0 unspecified atom stereocenters. The zero-order valence-corrected chi connectivity index (χ0v) is 11.9. The molecule has 4 nitrogen and oxygen atoms in total. The molecule has 0 atom stereocenters. The Labute approximate surface area is 103 Å². The lowest BCUT2D eigenvalue weighted by atomic mass is 9.90. The van der Waals surface area contributed by atoms with Gasteiger partial charge >= 0.3 is 0 Å². The van der Waals surface area contributed by atoms with Gasteiger partial charge < -0.3 is 9.88 Å². The largest absolute Gasteiger partial charge is 0.364 e. The van der Waals surface area contributed by atoms with Crippen LogP contribution in [0.5, 0.6) is 0 Å². The van der Waals surface area contributed by atoms with E-state index in [1.807, 2.05) is 34.0 Å². The van der Waals surface area contributed by atoms with Crippen molar-refractivity contribution < 1.29 is 4.79 Å². The molecule has 0 aliphatic rings. The molecular weight excluding hydrogens is 214 g/mol. The Morgan fingerprint density at radius 2 is 1.76 bits per heavy atom. The third kappa shape index (κ3) is 3.58. The van der Waals surface area contributed by atoms with Gasteiger partial charge in [0.1, 0.15) is 5.82 Å². The van der Waals surface area contributed by atoms with E-state index in [-0.39, 0.29) is 11.3 Å². The van der Waals surface area contributed by atoms with E-state index in [0.717, 1.165) is 5.82 Å². The molecule has 1 N–H and O–H groups in total. The number of aryl methyl sites for hydroxylation is 1. The minimum absolute atomic E-state index is 0.0574. The fourth-order valence-corrected chi connectivity index (χ4v) is 1.46. The normalized spacial score (nSPS) is 12.6. The number of carbonyl (C=O) groups excluding carboxylic acids is 1. The number of nitrogens with one attached hydrogen (secondary N) is 1. The fourth-order valence-electron chi connectivity index (χ4n) is 1.46. The Bertz CT molecular complexity index is 419. The molecule has 0 spiro atoms. The molecule has 0 aliphatic carbocycles. The van der Waals surface area contributed by atoms with Gasteiger partial charge in [-0.05, 0) is 20.8 Å². The van der Waals surface area contributed by atoms with Crippen LogP contribution < -0.4 is 5.32 Å². The molecule has 96 valence electrons. The van der Waals surface area contributed by atoms with Crippen molar-refractivity contribution in [3.05, 3.63) is 12.0 Å². The molecule has 1 heterocycles. The molecule has 1 rings (SSSR count). The molecule has 0 amide bonds. The Balaban J connectivity index is 3.01. The Kier molecular flexibility index (Phi) is 3.37. The summed E-state index contributed by atoms with van der Waals surface area (Å²) < 4.78 is 1.78. The summed E-state index contributed by atoms with van der Waals surface area (Å²) in [6.07, 6.45) is 1.85. The average Bonchev–Trinajstić information content (AvgIpc) is 2.40. The van der Waals surface area contributed by atoms with Gasteiger partial charge in [-0.3, -0.25) is 4.79 Å². The monoisotopic (exact) mass is 237 g/mol. The minimum atomic E-state index is -0.405. The van der Waals surface area contributed by atoms with Crippen molar-refractivity contribution in [1.82, 2.24) is 9.55 Å². The van der Waals surface area contributed by atoms with Gasteiger partial charge in [-0.2, -0.15) is 0 Å². The molecule has 4 heteroatoms. The molecule has 0 aliphatic heterocycles. The van der Waals surface area contributed by atoms with Crippen LogP contribution in [0.4, 0.5) is 5.82 Å². The van der Waals surface area contributed by atoms with E-state index in [2.05, 4.69) is 31.1 Å². The summed E-state index contributed by atoms with van der Waals surface area (Å²) in [5, 5.41) is 3.26. The van der Waals surface area contributed by atoms with Crippen LogP contribution in [0.15, 0.2) is 6.20 Å². The third-order valence-corrected chi connectivity index (χ3v) is 2.26. The van der Waals surface area contributed by atoms with Gasteiger partial charge in [0.15, 0.2) is 5.82 Å². The predicted molar refractivity (Wildman–Crippen MR) is 70.4 cm³/mol. The van der Waals surface area contributed by atoms with Gasteiger partial charge in [0, 0.05) is 24.2 Å². The van der Waals surface area contributed by atoms with Crippen molar-refractivity contribution in [1.29, 1.82) is 0 Å². The molecule has 0 bridgehead atoms. The summed E-state index contributed by atoms with van der Waals surface area (Å²) in [5.41, 5.74) is -0.464. The van der Waals surface area contributed by atoms with Gasteiger partial charge in [0.05, 0.1) is 0 Å².